The maximum absolute atomic E-state index is 12.4. The summed E-state index contributed by atoms with van der Waals surface area (Å²) in [5.41, 5.74) is 2.50. The Morgan fingerprint density at radius 2 is 1.90 bits per heavy atom. The monoisotopic (exact) mass is 431 g/mol. The van der Waals surface area contributed by atoms with E-state index in [4.69, 9.17) is 14.2 Å². The normalized spacial score (nSPS) is 20.7. The van der Waals surface area contributed by atoms with Gasteiger partial charge < -0.3 is 19.5 Å². The van der Waals surface area contributed by atoms with Crippen LogP contribution >= 0.6 is 0 Å². The molecule has 0 aromatic heterocycles. The molecule has 1 aromatic rings. The summed E-state index contributed by atoms with van der Waals surface area (Å²) in [6.45, 7) is 0.885. The number of methoxy groups -OCH3 is 1. The Morgan fingerprint density at radius 3 is 2.68 bits per heavy atom. The summed E-state index contributed by atoms with van der Waals surface area (Å²) in [4.78, 5) is 24.3. The second-order valence-electron chi connectivity index (χ2n) is 8.64. The minimum Gasteiger partial charge on any atom is -0.497 e. The van der Waals surface area contributed by atoms with Gasteiger partial charge in [-0.2, -0.15) is 0 Å². The predicted molar refractivity (Wildman–Crippen MR) is 119 cm³/mol. The summed E-state index contributed by atoms with van der Waals surface area (Å²) in [6.07, 6.45) is 10.7. The average molecular weight is 432 g/mol. The van der Waals surface area contributed by atoms with Crippen LogP contribution in [0.1, 0.15) is 87.8 Å². The fraction of sp³-hybridized carbons (Fsp3) is 0.680. The molecular weight excluding hydrogens is 394 g/mol. The smallest absolute Gasteiger partial charge is 0.220 e. The molecule has 1 amide bonds. The summed E-state index contributed by atoms with van der Waals surface area (Å²) in [6, 6.07) is 6.24. The van der Waals surface area contributed by atoms with E-state index in [-0.39, 0.29) is 30.6 Å². The quantitative estimate of drug-likeness (QED) is 0.488. The highest BCUT2D eigenvalue weighted by molar-refractivity contribution is 5.79. The zero-order valence-electron chi connectivity index (χ0n) is 18.8. The first-order valence-electron chi connectivity index (χ1n) is 11.9. The number of carbonyl (C=O) groups excluding carboxylic acids is 2. The van der Waals surface area contributed by atoms with Gasteiger partial charge in [0.15, 0.2) is 12.1 Å². The number of hydrogen-bond acceptors (Lipinski definition) is 5. The van der Waals surface area contributed by atoms with Gasteiger partial charge >= 0.3 is 0 Å². The fourth-order valence-corrected chi connectivity index (χ4v) is 4.40. The molecule has 1 fully saturated rings. The van der Waals surface area contributed by atoms with Crippen LogP contribution in [-0.4, -0.2) is 38.3 Å². The van der Waals surface area contributed by atoms with Crippen molar-refractivity contribution in [1.82, 2.24) is 5.32 Å². The van der Waals surface area contributed by atoms with Crippen molar-refractivity contribution in [2.45, 2.75) is 89.4 Å². The molecule has 3 rings (SSSR count). The largest absolute Gasteiger partial charge is 0.497 e. The number of hydrogen-bond donors (Lipinski definition) is 1. The van der Waals surface area contributed by atoms with Crippen LogP contribution in [0.5, 0.6) is 5.75 Å². The third-order valence-electron chi connectivity index (χ3n) is 6.18. The molecular formula is C25H37NO5. The van der Waals surface area contributed by atoms with Crippen molar-refractivity contribution in [1.29, 1.82) is 0 Å². The second-order valence-corrected chi connectivity index (χ2v) is 8.64. The number of amides is 1. The molecule has 31 heavy (non-hydrogen) atoms. The van der Waals surface area contributed by atoms with Crippen molar-refractivity contribution in [2.75, 3.05) is 20.3 Å². The molecule has 6 nitrogen and oxygen atoms in total. The van der Waals surface area contributed by atoms with Crippen LogP contribution in [0.25, 0.3) is 0 Å². The lowest BCUT2D eigenvalue weighted by Gasteiger charge is -2.27. The summed E-state index contributed by atoms with van der Waals surface area (Å²) in [5.74, 6) is 1.13. The van der Waals surface area contributed by atoms with E-state index in [1.807, 2.05) is 6.07 Å². The third-order valence-corrected chi connectivity index (χ3v) is 6.18. The predicted octanol–water partition coefficient (Wildman–Crippen LogP) is 4.64. The number of Topliss-reactive ketones (excluding diaryl/α,β-unsaturated/α-hetero) is 1. The molecule has 2 unspecified atom stereocenters. The van der Waals surface area contributed by atoms with Gasteiger partial charge in [-0.15, -0.1) is 0 Å². The number of nitrogens with one attached hydrogen (secondary N) is 1. The van der Waals surface area contributed by atoms with Crippen molar-refractivity contribution < 1.29 is 23.8 Å². The van der Waals surface area contributed by atoms with Crippen LogP contribution in [0.4, 0.5) is 0 Å². The number of unbranched alkanes of at least 4 members (excludes halogenated alkanes) is 3. The summed E-state index contributed by atoms with van der Waals surface area (Å²) < 4.78 is 16.3. The number of aryl methyl sites for hydroxylation is 1. The van der Waals surface area contributed by atoms with Gasteiger partial charge in [-0.05, 0) is 74.6 Å². The number of fused-ring (bicyclic) bond motifs is 1. The number of benzene rings is 1. The fourth-order valence-electron chi connectivity index (χ4n) is 4.40. The standard InChI is InChI=1S/C25H37NO5/c1-29-21-14-15-22-19(17-21)9-8-11-23(22)26-24(28)12-5-3-2-4-10-20(27)18-31-25-13-6-7-16-30-25/h14-15,17,23,25H,2-13,16,18H2,1H3,(H,26,28). The third kappa shape index (κ3) is 7.93. The van der Waals surface area contributed by atoms with Gasteiger partial charge in [0.05, 0.1) is 13.2 Å². The molecule has 1 aliphatic heterocycles. The maximum Gasteiger partial charge on any atom is 0.220 e. The Kier molecular flexibility index (Phi) is 9.82. The van der Waals surface area contributed by atoms with Crippen LogP contribution in [-0.2, 0) is 25.5 Å². The number of rotatable bonds is 12. The first-order valence-corrected chi connectivity index (χ1v) is 11.9. The molecule has 1 aromatic carbocycles. The van der Waals surface area contributed by atoms with Crippen LogP contribution in [0.15, 0.2) is 18.2 Å². The molecule has 0 radical (unpaired) electrons. The molecule has 172 valence electrons. The molecule has 1 heterocycles. The van der Waals surface area contributed by atoms with Gasteiger partial charge in [-0.3, -0.25) is 9.59 Å². The molecule has 1 N–H and O–H groups in total. The first kappa shape index (κ1) is 23.7. The van der Waals surface area contributed by atoms with Crippen LogP contribution in [0.3, 0.4) is 0 Å². The van der Waals surface area contributed by atoms with Crippen molar-refractivity contribution in [3.8, 4) is 5.75 Å². The highest BCUT2D eigenvalue weighted by Crippen LogP contribution is 2.32. The van der Waals surface area contributed by atoms with Gasteiger partial charge in [0.25, 0.3) is 0 Å². The highest BCUT2D eigenvalue weighted by Gasteiger charge is 2.22. The van der Waals surface area contributed by atoms with E-state index in [9.17, 15) is 9.59 Å². The van der Waals surface area contributed by atoms with Crippen LogP contribution < -0.4 is 10.1 Å². The van der Waals surface area contributed by atoms with E-state index in [2.05, 4.69) is 17.4 Å². The second kappa shape index (κ2) is 12.8. The Morgan fingerprint density at radius 1 is 1.06 bits per heavy atom. The Labute approximate surface area is 186 Å². The molecule has 2 aliphatic rings. The lowest BCUT2D eigenvalue weighted by molar-refractivity contribution is -0.169. The van der Waals surface area contributed by atoms with Crippen molar-refractivity contribution in [2.24, 2.45) is 0 Å². The van der Waals surface area contributed by atoms with Gasteiger partial charge in [0.1, 0.15) is 12.4 Å². The molecule has 0 saturated carbocycles. The lowest BCUT2D eigenvalue weighted by Crippen LogP contribution is -2.30. The zero-order valence-corrected chi connectivity index (χ0v) is 18.8. The average Bonchev–Trinajstić information content (AvgIpc) is 2.80. The van der Waals surface area contributed by atoms with E-state index in [1.165, 1.54) is 11.1 Å². The number of ketones is 1. The van der Waals surface area contributed by atoms with Crippen LogP contribution in [0.2, 0.25) is 0 Å². The molecule has 6 heteroatoms. The van der Waals surface area contributed by atoms with Crippen molar-refractivity contribution >= 4 is 11.7 Å². The Balaban J connectivity index is 1.25. The van der Waals surface area contributed by atoms with Gasteiger partial charge in [0, 0.05) is 19.4 Å². The van der Waals surface area contributed by atoms with Crippen molar-refractivity contribution in [3.63, 3.8) is 0 Å². The summed E-state index contributed by atoms with van der Waals surface area (Å²) in [5, 5.41) is 3.21. The van der Waals surface area contributed by atoms with Gasteiger partial charge in [-0.1, -0.05) is 18.9 Å². The molecule has 1 saturated heterocycles. The van der Waals surface area contributed by atoms with E-state index < -0.39 is 0 Å². The molecule has 2 atom stereocenters. The van der Waals surface area contributed by atoms with Crippen LogP contribution in [0, 0.1) is 0 Å². The van der Waals surface area contributed by atoms with E-state index >= 15 is 0 Å². The summed E-state index contributed by atoms with van der Waals surface area (Å²) in [7, 11) is 1.68. The van der Waals surface area contributed by atoms with E-state index in [0.717, 1.165) is 76.6 Å². The molecule has 0 bridgehead atoms. The van der Waals surface area contributed by atoms with Gasteiger partial charge in [0.2, 0.25) is 5.91 Å². The summed E-state index contributed by atoms with van der Waals surface area (Å²) >= 11 is 0. The number of ether oxygens (including phenoxy) is 3. The minimum absolute atomic E-state index is 0.105. The molecule has 1 aliphatic carbocycles. The van der Waals surface area contributed by atoms with Gasteiger partial charge in [-0.25, -0.2) is 0 Å². The Hall–Kier alpha value is -1.92. The van der Waals surface area contributed by atoms with Crippen molar-refractivity contribution in [3.05, 3.63) is 29.3 Å². The highest BCUT2D eigenvalue weighted by atomic mass is 16.7. The molecule has 0 spiro atoms. The zero-order chi connectivity index (χ0) is 21.9. The Bertz CT molecular complexity index is 714. The van der Waals surface area contributed by atoms with E-state index in [0.29, 0.717) is 12.8 Å². The topological polar surface area (TPSA) is 73.9 Å². The minimum atomic E-state index is -0.200. The lowest BCUT2D eigenvalue weighted by atomic mass is 9.87. The van der Waals surface area contributed by atoms with E-state index in [1.54, 1.807) is 7.11 Å². The maximum atomic E-state index is 12.4. The number of carbonyl (C=O) groups is 2. The first-order chi connectivity index (χ1) is 15.2. The SMILES string of the molecule is COc1ccc2c(c1)CCCC2NC(=O)CCCCCCC(=O)COC1CCCCO1.